The van der Waals surface area contributed by atoms with Crippen molar-refractivity contribution in [2.75, 3.05) is 17.6 Å². The number of rotatable bonds is 3. The second-order valence-corrected chi connectivity index (χ2v) is 8.20. The summed E-state index contributed by atoms with van der Waals surface area (Å²) in [7, 11) is 0. The molecule has 2 aliphatic rings. The molecule has 2 aliphatic heterocycles. The van der Waals surface area contributed by atoms with Crippen LogP contribution in [0.2, 0.25) is 0 Å². The summed E-state index contributed by atoms with van der Waals surface area (Å²) in [5.74, 6) is 0. The van der Waals surface area contributed by atoms with E-state index in [1.807, 2.05) is 39.0 Å². The number of nitrogens with one attached hydrogen (secondary N) is 1. The van der Waals surface area contributed by atoms with Crippen molar-refractivity contribution in [3.63, 3.8) is 0 Å². The van der Waals surface area contributed by atoms with Crippen molar-refractivity contribution in [1.82, 2.24) is 4.90 Å². The summed E-state index contributed by atoms with van der Waals surface area (Å²) in [6, 6.07) is 5.74. The average Bonchev–Trinajstić information content (AvgIpc) is 3.04. The highest BCUT2D eigenvalue weighted by molar-refractivity contribution is 9.10. The van der Waals surface area contributed by atoms with E-state index in [-0.39, 0.29) is 24.5 Å². The summed E-state index contributed by atoms with van der Waals surface area (Å²) in [6.07, 6.45) is 1.49. The van der Waals surface area contributed by atoms with Gasteiger partial charge in [0, 0.05) is 11.0 Å². The smallest absolute Gasteiger partial charge is 0.410 e. The monoisotopic (exact) mass is 397 g/mol. The lowest BCUT2D eigenvalue weighted by molar-refractivity contribution is 0.0204. The van der Waals surface area contributed by atoms with E-state index in [1.165, 1.54) is 0 Å². The molecule has 7 heteroatoms. The highest BCUT2D eigenvalue weighted by atomic mass is 79.9. The number of amides is 1. The van der Waals surface area contributed by atoms with Gasteiger partial charge in [0.15, 0.2) is 6.23 Å². The van der Waals surface area contributed by atoms with Gasteiger partial charge in [0.05, 0.1) is 17.4 Å². The Labute approximate surface area is 150 Å². The number of carbonyl (C=O) groups is 1. The molecule has 1 unspecified atom stereocenters. The van der Waals surface area contributed by atoms with Crippen LogP contribution < -0.4 is 11.1 Å². The van der Waals surface area contributed by atoms with E-state index in [4.69, 9.17) is 15.2 Å². The highest BCUT2D eigenvalue weighted by Crippen LogP contribution is 2.36. The molecule has 3 atom stereocenters. The van der Waals surface area contributed by atoms with Gasteiger partial charge >= 0.3 is 6.09 Å². The third kappa shape index (κ3) is 3.95. The number of hydrogen-bond acceptors (Lipinski definition) is 5. The third-order valence-corrected chi connectivity index (χ3v) is 4.64. The fraction of sp³-hybridized carbons (Fsp3) is 0.588. The molecule has 2 saturated heterocycles. The lowest BCUT2D eigenvalue weighted by atomic mass is 10.1. The Bertz CT molecular complexity index is 632. The Hall–Kier alpha value is -1.47. The summed E-state index contributed by atoms with van der Waals surface area (Å²) >= 11 is 3.39. The molecule has 2 fully saturated rings. The normalized spacial score (nSPS) is 26.3. The third-order valence-electron chi connectivity index (χ3n) is 4.14. The summed E-state index contributed by atoms with van der Waals surface area (Å²) < 4.78 is 12.2. The Morgan fingerprint density at radius 3 is 2.88 bits per heavy atom. The van der Waals surface area contributed by atoms with Crippen LogP contribution in [0, 0.1) is 0 Å². The molecule has 132 valence electrons. The van der Waals surface area contributed by atoms with Gasteiger partial charge in [-0.2, -0.15) is 0 Å². The van der Waals surface area contributed by atoms with Crippen LogP contribution in [0.1, 0.15) is 33.6 Å². The van der Waals surface area contributed by atoms with Gasteiger partial charge in [-0.3, -0.25) is 0 Å². The second-order valence-electron chi connectivity index (χ2n) is 7.28. The van der Waals surface area contributed by atoms with Crippen molar-refractivity contribution >= 4 is 33.4 Å². The van der Waals surface area contributed by atoms with Crippen molar-refractivity contribution in [2.45, 2.75) is 57.6 Å². The van der Waals surface area contributed by atoms with E-state index in [9.17, 15) is 4.79 Å². The van der Waals surface area contributed by atoms with Crippen LogP contribution in [0.4, 0.5) is 16.2 Å². The maximum Gasteiger partial charge on any atom is 0.410 e. The van der Waals surface area contributed by atoms with Crippen LogP contribution >= 0.6 is 15.9 Å². The Kier molecular flexibility index (Phi) is 4.66. The fourth-order valence-corrected chi connectivity index (χ4v) is 3.41. The first-order chi connectivity index (χ1) is 11.2. The minimum absolute atomic E-state index is 0.0249. The van der Waals surface area contributed by atoms with Gasteiger partial charge in [0.1, 0.15) is 11.7 Å². The Balaban J connectivity index is 1.60. The number of hydrogen-bond donors (Lipinski definition) is 2. The molecular weight excluding hydrogens is 374 g/mol. The number of ether oxygens (including phenoxy) is 2. The zero-order valence-electron chi connectivity index (χ0n) is 14.2. The number of benzene rings is 1. The van der Waals surface area contributed by atoms with Crippen LogP contribution in [0.15, 0.2) is 22.7 Å². The van der Waals surface area contributed by atoms with Crippen LogP contribution in [0.25, 0.3) is 0 Å². The minimum Gasteiger partial charge on any atom is -0.444 e. The minimum atomic E-state index is -0.488. The molecular formula is C17H24BrN3O3. The lowest BCUT2D eigenvalue weighted by Gasteiger charge is -2.28. The van der Waals surface area contributed by atoms with Gasteiger partial charge in [-0.05, 0) is 51.8 Å². The molecule has 2 heterocycles. The van der Waals surface area contributed by atoms with Gasteiger partial charge in [-0.1, -0.05) is 15.9 Å². The molecule has 0 saturated carbocycles. The second kappa shape index (κ2) is 6.44. The molecule has 0 bridgehead atoms. The number of nitrogens with two attached hydrogens (primary N) is 1. The summed E-state index contributed by atoms with van der Waals surface area (Å²) in [5.41, 5.74) is 7.02. The van der Waals surface area contributed by atoms with Gasteiger partial charge in [0.2, 0.25) is 0 Å². The van der Waals surface area contributed by atoms with E-state index in [2.05, 4.69) is 21.2 Å². The Morgan fingerprint density at radius 1 is 1.46 bits per heavy atom. The zero-order valence-corrected chi connectivity index (χ0v) is 15.8. The van der Waals surface area contributed by atoms with E-state index < -0.39 is 5.60 Å². The SMILES string of the molecule is CC(C)(C)OC(=O)N1CCC[C@H]1C1O[C@H]1Nc1ccc(Br)cc1N. The molecule has 1 aromatic carbocycles. The Morgan fingerprint density at radius 2 is 2.21 bits per heavy atom. The summed E-state index contributed by atoms with van der Waals surface area (Å²) in [5, 5.41) is 3.30. The number of nitrogen functional groups attached to an aromatic ring is 1. The van der Waals surface area contributed by atoms with Gasteiger partial charge in [0.25, 0.3) is 0 Å². The first kappa shape index (κ1) is 17.4. The number of epoxide rings is 1. The number of anilines is 2. The number of halogens is 1. The van der Waals surface area contributed by atoms with E-state index >= 15 is 0 Å². The summed E-state index contributed by atoms with van der Waals surface area (Å²) in [4.78, 5) is 14.2. The molecule has 6 nitrogen and oxygen atoms in total. The quantitative estimate of drug-likeness (QED) is 0.601. The first-order valence-corrected chi connectivity index (χ1v) is 9.00. The number of likely N-dealkylation sites (tertiary alicyclic amines) is 1. The summed E-state index contributed by atoms with van der Waals surface area (Å²) in [6.45, 7) is 6.35. The van der Waals surface area contributed by atoms with Crippen molar-refractivity contribution in [2.24, 2.45) is 0 Å². The molecule has 3 rings (SSSR count). The highest BCUT2D eigenvalue weighted by Gasteiger charge is 2.50. The first-order valence-electron chi connectivity index (χ1n) is 8.21. The molecule has 1 aromatic rings. The zero-order chi connectivity index (χ0) is 17.5. The maximum atomic E-state index is 12.4. The molecule has 0 spiro atoms. The topological polar surface area (TPSA) is 80.1 Å². The molecule has 24 heavy (non-hydrogen) atoms. The van der Waals surface area contributed by atoms with Crippen molar-refractivity contribution in [1.29, 1.82) is 0 Å². The average molecular weight is 398 g/mol. The maximum absolute atomic E-state index is 12.4. The van der Waals surface area contributed by atoms with E-state index in [0.717, 1.165) is 23.0 Å². The molecule has 3 N–H and O–H groups in total. The molecule has 0 aromatic heterocycles. The predicted molar refractivity (Wildman–Crippen MR) is 96.8 cm³/mol. The van der Waals surface area contributed by atoms with Crippen LogP contribution in [0.5, 0.6) is 0 Å². The van der Waals surface area contributed by atoms with E-state index in [1.54, 1.807) is 4.90 Å². The van der Waals surface area contributed by atoms with Crippen molar-refractivity contribution in [3.05, 3.63) is 22.7 Å². The van der Waals surface area contributed by atoms with Crippen LogP contribution in [0.3, 0.4) is 0 Å². The van der Waals surface area contributed by atoms with E-state index in [0.29, 0.717) is 12.2 Å². The fourth-order valence-electron chi connectivity index (χ4n) is 3.03. The molecule has 0 radical (unpaired) electrons. The van der Waals surface area contributed by atoms with Crippen molar-refractivity contribution in [3.8, 4) is 0 Å². The number of nitrogens with zero attached hydrogens (tertiary/aromatic N) is 1. The van der Waals surface area contributed by atoms with Gasteiger partial charge in [-0.25, -0.2) is 4.79 Å². The van der Waals surface area contributed by atoms with Gasteiger partial charge in [-0.15, -0.1) is 0 Å². The molecule has 0 aliphatic carbocycles. The van der Waals surface area contributed by atoms with Gasteiger partial charge < -0.3 is 25.4 Å². The lowest BCUT2D eigenvalue weighted by Crippen LogP contribution is -2.42. The predicted octanol–water partition coefficient (Wildman–Crippen LogP) is 3.57. The largest absolute Gasteiger partial charge is 0.444 e. The standard InChI is InChI=1S/C17H24BrN3O3/c1-17(2,3)24-16(22)21-8-4-5-13(21)14-15(23-14)20-12-7-6-10(18)9-11(12)19/h6-7,9,13-15,20H,4-5,8,19H2,1-3H3/t13-,14?,15+/m0/s1. The molecule has 1 amide bonds. The van der Waals surface area contributed by atoms with Crippen LogP contribution in [-0.2, 0) is 9.47 Å². The van der Waals surface area contributed by atoms with Crippen LogP contribution in [-0.4, -0.2) is 41.5 Å². The van der Waals surface area contributed by atoms with Crippen molar-refractivity contribution < 1.29 is 14.3 Å². The number of carbonyl (C=O) groups excluding carboxylic acids is 1.